The number of halogens is 2. The molecule has 0 radical (unpaired) electrons. The molecule has 0 heterocycles. The SMILES string of the molecule is CC(C)=CCNS(=O)(=O)c1cc(Cl)cc(C(=O)O)c1Cl. The van der Waals surface area contributed by atoms with Gasteiger partial charge in [0.1, 0.15) is 4.90 Å². The molecular weight excluding hydrogens is 325 g/mol. The first-order valence-corrected chi connectivity index (χ1v) is 7.74. The van der Waals surface area contributed by atoms with E-state index in [2.05, 4.69) is 4.72 Å². The Bertz CT molecular complexity index is 664. The van der Waals surface area contributed by atoms with Crippen molar-refractivity contribution >= 4 is 39.2 Å². The van der Waals surface area contributed by atoms with Crippen LogP contribution in [0.5, 0.6) is 0 Å². The zero-order valence-corrected chi connectivity index (χ0v) is 13.1. The van der Waals surface area contributed by atoms with Crippen LogP contribution in [0.1, 0.15) is 24.2 Å². The van der Waals surface area contributed by atoms with E-state index in [9.17, 15) is 13.2 Å². The molecule has 110 valence electrons. The normalized spacial score (nSPS) is 11.2. The number of allylic oxidation sites excluding steroid dienone is 1. The van der Waals surface area contributed by atoms with Crippen molar-refractivity contribution in [2.75, 3.05) is 6.54 Å². The summed E-state index contributed by atoms with van der Waals surface area (Å²) in [6, 6.07) is 2.21. The Balaban J connectivity index is 3.25. The number of benzene rings is 1. The Morgan fingerprint density at radius 3 is 2.45 bits per heavy atom. The lowest BCUT2D eigenvalue weighted by atomic mass is 10.2. The molecule has 1 aromatic rings. The largest absolute Gasteiger partial charge is 0.478 e. The zero-order valence-electron chi connectivity index (χ0n) is 10.8. The second-order valence-electron chi connectivity index (χ2n) is 4.20. The summed E-state index contributed by atoms with van der Waals surface area (Å²) in [4.78, 5) is 10.6. The average Bonchev–Trinajstić information content (AvgIpc) is 2.30. The summed E-state index contributed by atoms with van der Waals surface area (Å²) < 4.78 is 26.5. The number of hydrogen-bond donors (Lipinski definition) is 2. The van der Waals surface area contributed by atoms with Crippen molar-refractivity contribution in [2.24, 2.45) is 0 Å². The van der Waals surface area contributed by atoms with Gasteiger partial charge in [-0.25, -0.2) is 17.9 Å². The van der Waals surface area contributed by atoms with Crippen LogP contribution >= 0.6 is 23.2 Å². The summed E-state index contributed by atoms with van der Waals surface area (Å²) in [6.45, 7) is 3.72. The van der Waals surface area contributed by atoms with Crippen LogP contribution < -0.4 is 4.72 Å². The van der Waals surface area contributed by atoms with Crippen LogP contribution in [-0.4, -0.2) is 26.0 Å². The van der Waals surface area contributed by atoms with Gasteiger partial charge < -0.3 is 5.11 Å². The number of carboxylic acid groups (broad SMARTS) is 1. The molecule has 1 aromatic carbocycles. The third kappa shape index (κ3) is 4.21. The summed E-state index contributed by atoms with van der Waals surface area (Å²) in [6.07, 6.45) is 1.67. The van der Waals surface area contributed by atoms with E-state index >= 15 is 0 Å². The van der Waals surface area contributed by atoms with Gasteiger partial charge in [-0.05, 0) is 26.0 Å². The quantitative estimate of drug-likeness (QED) is 0.809. The van der Waals surface area contributed by atoms with Gasteiger partial charge in [0.15, 0.2) is 0 Å². The van der Waals surface area contributed by atoms with E-state index in [1.54, 1.807) is 6.08 Å². The molecular formula is C12H13Cl2NO4S. The van der Waals surface area contributed by atoms with Gasteiger partial charge >= 0.3 is 5.97 Å². The highest BCUT2D eigenvalue weighted by atomic mass is 35.5. The second-order valence-corrected chi connectivity index (χ2v) is 6.75. The second kappa shape index (κ2) is 6.58. The molecule has 0 aliphatic carbocycles. The number of hydrogen-bond acceptors (Lipinski definition) is 3. The summed E-state index contributed by atoms with van der Waals surface area (Å²) in [7, 11) is -3.94. The summed E-state index contributed by atoms with van der Waals surface area (Å²) in [5.41, 5.74) is 0.581. The molecule has 8 heteroatoms. The van der Waals surface area contributed by atoms with E-state index in [1.807, 2.05) is 13.8 Å². The molecule has 0 aliphatic rings. The highest BCUT2D eigenvalue weighted by Crippen LogP contribution is 2.29. The maximum atomic E-state index is 12.1. The first-order chi connectivity index (χ1) is 9.15. The van der Waals surface area contributed by atoms with Crippen LogP contribution in [0.3, 0.4) is 0 Å². The van der Waals surface area contributed by atoms with Crippen molar-refractivity contribution in [3.63, 3.8) is 0 Å². The fourth-order valence-electron chi connectivity index (χ4n) is 1.35. The van der Waals surface area contributed by atoms with Gasteiger partial charge in [-0.2, -0.15) is 0 Å². The zero-order chi connectivity index (χ0) is 15.5. The van der Waals surface area contributed by atoms with Crippen molar-refractivity contribution < 1.29 is 18.3 Å². The number of nitrogens with one attached hydrogen (secondary N) is 1. The maximum Gasteiger partial charge on any atom is 0.337 e. The minimum absolute atomic E-state index is 0.0191. The Morgan fingerprint density at radius 1 is 1.35 bits per heavy atom. The van der Waals surface area contributed by atoms with Gasteiger partial charge in [-0.3, -0.25) is 0 Å². The number of rotatable bonds is 5. The lowest BCUT2D eigenvalue weighted by Gasteiger charge is -2.09. The Labute approximate surface area is 127 Å². The van der Waals surface area contributed by atoms with Crippen LogP contribution in [0.4, 0.5) is 0 Å². The van der Waals surface area contributed by atoms with E-state index in [4.69, 9.17) is 28.3 Å². The first-order valence-electron chi connectivity index (χ1n) is 5.50. The van der Waals surface area contributed by atoms with Crippen molar-refractivity contribution in [1.82, 2.24) is 4.72 Å². The Hall–Kier alpha value is -1.08. The fraction of sp³-hybridized carbons (Fsp3) is 0.250. The summed E-state index contributed by atoms with van der Waals surface area (Å²) >= 11 is 11.6. The predicted molar refractivity (Wildman–Crippen MR) is 78.0 cm³/mol. The highest BCUT2D eigenvalue weighted by Gasteiger charge is 2.23. The van der Waals surface area contributed by atoms with Crippen LogP contribution in [0, 0.1) is 0 Å². The van der Waals surface area contributed by atoms with Crippen LogP contribution in [-0.2, 0) is 10.0 Å². The standard InChI is InChI=1S/C12H13Cl2NO4S/c1-7(2)3-4-15-20(18,19)10-6-8(13)5-9(11(10)14)12(16)17/h3,5-6,15H,4H2,1-2H3,(H,16,17). The molecule has 0 amide bonds. The molecule has 0 atom stereocenters. The molecule has 0 aromatic heterocycles. The molecule has 0 spiro atoms. The van der Waals surface area contributed by atoms with E-state index in [1.165, 1.54) is 0 Å². The highest BCUT2D eigenvalue weighted by molar-refractivity contribution is 7.89. The lowest BCUT2D eigenvalue weighted by molar-refractivity contribution is 0.0697. The minimum Gasteiger partial charge on any atom is -0.478 e. The van der Waals surface area contributed by atoms with Gasteiger partial charge in [0.05, 0.1) is 10.6 Å². The fourth-order valence-corrected chi connectivity index (χ4v) is 3.21. The van der Waals surface area contributed by atoms with Gasteiger partial charge in [-0.1, -0.05) is 34.9 Å². The van der Waals surface area contributed by atoms with Gasteiger partial charge in [0, 0.05) is 11.6 Å². The number of aromatic carboxylic acids is 1. The molecule has 0 saturated carbocycles. The number of carbonyl (C=O) groups is 1. The summed E-state index contributed by atoms with van der Waals surface area (Å²) in [5, 5.41) is 8.57. The molecule has 0 aliphatic heterocycles. The topological polar surface area (TPSA) is 83.5 Å². The molecule has 1 rings (SSSR count). The smallest absolute Gasteiger partial charge is 0.337 e. The van der Waals surface area contributed by atoms with Gasteiger partial charge in [0.25, 0.3) is 0 Å². The molecule has 0 saturated heterocycles. The molecule has 20 heavy (non-hydrogen) atoms. The molecule has 2 N–H and O–H groups in total. The third-order valence-corrected chi connectivity index (χ3v) is 4.49. The maximum absolute atomic E-state index is 12.1. The first kappa shape index (κ1) is 17.0. The minimum atomic E-state index is -3.94. The van der Waals surface area contributed by atoms with Crippen LogP contribution in [0.15, 0.2) is 28.7 Å². The number of carboxylic acids is 1. The predicted octanol–water partition coefficient (Wildman–Crippen LogP) is 2.94. The molecule has 0 bridgehead atoms. The molecule has 0 fully saturated rings. The van der Waals surface area contributed by atoms with Crippen molar-refractivity contribution in [2.45, 2.75) is 18.7 Å². The van der Waals surface area contributed by atoms with Crippen LogP contribution in [0.25, 0.3) is 0 Å². The van der Waals surface area contributed by atoms with Gasteiger partial charge in [-0.15, -0.1) is 0 Å². The number of sulfonamides is 1. The monoisotopic (exact) mass is 337 g/mol. The molecule has 5 nitrogen and oxygen atoms in total. The van der Waals surface area contributed by atoms with E-state index in [0.717, 1.165) is 17.7 Å². The Kier molecular flexibility index (Phi) is 5.59. The third-order valence-electron chi connectivity index (χ3n) is 2.31. The van der Waals surface area contributed by atoms with Gasteiger partial charge in [0.2, 0.25) is 10.0 Å². The van der Waals surface area contributed by atoms with E-state index < -0.39 is 16.0 Å². The lowest BCUT2D eigenvalue weighted by Crippen LogP contribution is -2.24. The summed E-state index contributed by atoms with van der Waals surface area (Å²) in [5.74, 6) is -1.35. The average molecular weight is 338 g/mol. The van der Waals surface area contributed by atoms with E-state index in [0.29, 0.717) is 0 Å². The van der Waals surface area contributed by atoms with Crippen molar-refractivity contribution in [1.29, 1.82) is 0 Å². The molecule has 0 unspecified atom stereocenters. The van der Waals surface area contributed by atoms with Crippen molar-refractivity contribution in [3.05, 3.63) is 39.4 Å². The van der Waals surface area contributed by atoms with Crippen molar-refractivity contribution in [3.8, 4) is 0 Å². The van der Waals surface area contributed by atoms with Crippen LogP contribution in [0.2, 0.25) is 10.0 Å². The Morgan fingerprint density at radius 2 is 1.95 bits per heavy atom. The van der Waals surface area contributed by atoms with E-state index in [-0.39, 0.29) is 27.0 Å².